The van der Waals surface area contributed by atoms with E-state index in [1.54, 1.807) is 13.2 Å². The molecule has 1 aliphatic heterocycles. The molecule has 6 nitrogen and oxygen atoms in total. The molecule has 0 spiro atoms. The number of piperazine rings is 1. The number of nitrogens with zero attached hydrogens (tertiary/aromatic N) is 2. The fourth-order valence-corrected chi connectivity index (χ4v) is 5.50. The van der Waals surface area contributed by atoms with Gasteiger partial charge in [-0.2, -0.15) is 0 Å². The van der Waals surface area contributed by atoms with Gasteiger partial charge in [-0.1, -0.05) is 23.7 Å². The van der Waals surface area contributed by atoms with Gasteiger partial charge in [-0.15, -0.1) is 11.3 Å². The van der Waals surface area contributed by atoms with Crippen LogP contribution < -0.4 is 14.4 Å². The second-order valence-corrected chi connectivity index (χ2v) is 9.67. The minimum Gasteiger partial charge on any atom is -0.495 e. The zero-order chi connectivity index (χ0) is 18.6. The quantitative estimate of drug-likeness (QED) is 0.752. The van der Waals surface area contributed by atoms with Crippen LogP contribution in [0.1, 0.15) is 0 Å². The molecule has 0 atom stereocenters. The van der Waals surface area contributed by atoms with Crippen LogP contribution in [0.25, 0.3) is 0 Å². The highest BCUT2D eigenvalue weighted by Crippen LogP contribution is 2.28. The van der Waals surface area contributed by atoms with Crippen LogP contribution in [-0.4, -0.2) is 59.7 Å². The maximum atomic E-state index is 12.2. The molecule has 0 unspecified atom stereocenters. The maximum absolute atomic E-state index is 12.2. The first-order chi connectivity index (χ1) is 12.5. The number of benzene rings is 1. The number of para-hydroxylation sites is 2. The summed E-state index contributed by atoms with van der Waals surface area (Å²) in [5.74, 6) is 0.878. The van der Waals surface area contributed by atoms with Crippen molar-refractivity contribution in [2.24, 2.45) is 0 Å². The molecular formula is C17H22ClN3O3S2. The summed E-state index contributed by atoms with van der Waals surface area (Å²) < 4.78 is 33.2. The summed E-state index contributed by atoms with van der Waals surface area (Å²) in [4.78, 5) is 4.56. The van der Waals surface area contributed by atoms with E-state index in [0.717, 1.165) is 49.0 Å². The van der Waals surface area contributed by atoms with Crippen LogP contribution in [-0.2, 0) is 10.0 Å². The summed E-state index contributed by atoms with van der Waals surface area (Å²) in [5.41, 5.74) is 1.10. The number of hydrogen-bond donors (Lipinski definition) is 1. The number of methoxy groups -OCH3 is 1. The Morgan fingerprint density at radius 1 is 1.15 bits per heavy atom. The molecule has 2 aromatic rings. The third kappa shape index (κ3) is 4.69. The second kappa shape index (κ2) is 8.58. The Hall–Kier alpha value is -1.32. The molecule has 26 heavy (non-hydrogen) atoms. The number of ether oxygens (including phenoxy) is 1. The van der Waals surface area contributed by atoms with Crippen LogP contribution in [0.5, 0.6) is 5.75 Å². The first kappa shape index (κ1) is 19.4. The normalized spacial score (nSPS) is 16.0. The SMILES string of the molecule is COc1ccccc1N1CCN(CCNS(=O)(=O)c2ccc(Cl)s2)CC1. The predicted octanol–water partition coefficient (Wildman–Crippen LogP) is 2.51. The Kier molecular flexibility index (Phi) is 6.42. The number of halogens is 1. The number of rotatable bonds is 7. The molecule has 0 radical (unpaired) electrons. The summed E-state index contributed by atoms with van der Waals surface area (Å²) >= 11 is 6.88. The minimum atomic E-state index is -3.47. The van der Waals surface area contributed by atoms with Gasteiger partial charge in [0.1, 0.15) is 9.96 Å². The molecule has 1 aromatic heterocycles. The fraction of sp³-hybridized carbons (Fsp3) is 0.412. The van der Waals surface area contributed by atoms with Gasteiger partial charge in [-0.05, 0) is 24.3 Å². The number of anilines is 1. The number of nitrogens with one attached hydrogen (secondary N) is 1. The van der Waals surface area contributed by atoms with Crippen LogP contribution in [0, 0.1) is 0 Å². The van der Waals surface area contributed by atoms with Gasteiger partial charge in [0.15, 0.2) is 0 Å². The second-order valence-electron chi connectivity index (χ2n) is 5.96. The molecule has 1 fully saturated rings. The number of sulfonamides is 1. The molecule has 2 heterocycles. The zero-order valence-corrected chi connectivity index (χ0v) is 16.9. The summed E-state index contributed by atoms with van der Waals surface area (Å²) in [7, 11) is -1.79. The van der Waals surface area contributed by atoms with Crippen molar-refractivity contribution in [2.75, 3.05) is 51.3 Å². The van der Waals surface area contributed by atoms with E-state index in [4.69, 9.17) is 16.3 Å². The van der Waals surface area contributed by atoms with Crippen molar-refractivity contribution in [3.63, 3.8) is 0 Å². The number of hydrogen-bond acceptors (Lipinski definition) is 6. The van der Waals surface area contributed by atoms with E-state index in [9.17, 15) is 8.42 Å². The number of thiophene rings is 1. The lowest BCUT2D eigenvalue weighted by atomic mass is 10.2. The lowest BCUT2D eigenvalue weighted by Crippen LogP contribution is -2.48. The first-order valence-corrected chi connectivity index (χ1v) is 11.0. The predicted molar refractivity (Wildman–Crippen MR) is 106 cm³/mol. The fourth-order valence-electron chi connectivity index (χ4n) is 2.95. The molecule has 0 saturated carbocycles. The average Bonchev–Trinajstić information content (AvgIpc) is 3.09. The molecule has 142 valence electrons. The van der Waals surface area contributed by atoms with Crippen molar-refractivity contribution in [1.82, 2.24) is 9.62 Å². The van der Waals surface area contributed by atoms with Crippen molar-refractivity contribution in [3.8, 4) is 5.75 Å². The van der Waals surface area contributed by atoms with Crippen molar-refractivity contribution in [1.29, 1.82) is 0 Å². The van der Waals surface area contributed by atoms with Crippen LogP contribution >= 0.6 is 22.9 Å². The Morgan fingerprint density at radius 2 is 1.88 bits per heavy atom. The highest BCUT2D eigenvalue weighted by atomic mass is 35.5. The standard InChI is InChI=1S/C17H22ClN3O3S2/c1-24-15-5-3-2-4-14(15)21-12-10-20(11-13-21)9-8-19-26(22,23)17-7-6-16(18)25-17/h2-7,19H,8-13H2,1H3. The van der Waals surface area contributed by atoms with Crippen LogP contribution in [0.15, 0.2) is 40.6 Å². The largest absolute Gasteiger partial charge is 0.495 e. The Morgan fingerprint density at radius 3 is 2.54 bits per heavy atom. The highest BCUT2D eigenvalue weighted by molar-refractivity contribution is 7.91. The van der Waals surface area contributed by atoms with Gasteiger partial charge in [0, 0.05) is 39.3 Å². The smallest absolute Gasteiger partial charge is 0.250 e. The Bertz CT molecular complexity index is 833. The molecule has 1 N–H and O–H groups in total. The van der Waals surface area contributed by atoms with Gasteiger partial charge in [0.05, 0.1) is 17.1 Å². The van der Waals surface area contributed by atoms with Gasteiger partial charge >= 0.3 is 0 Å². The monoisotopic (exact) mass is 415 g/mol. The molecule has 3 rings (SSSR count). The van der Waals surface area contributed by atoms with Crippen LogP contribution in [0.4, 0.5) is 5.69 Å². The molecular weight excluding hydrogens is 394 g/mol. The molecule has 1 aliphatic rings. The minimum absolute atomic E-state index is 0.253. The van der Waals surface area contributed by atoms with Gasteiger partial charge in [-0.3, -0.25) is 4.90 Å². The molecule has 1 saturated heterocycles. The van der Waals surface area contributed by atoms with Crippen molar-refractivity contribution in [2.45, 2.75) is 4.21 Å². The summed E-state index contributed by atoms with van der Waals surface area (Å²) in [6.45, 7) is 4.58. The summed E-state index contributed by atoms with van der Waals surface area (Å²) in [6, 6.07) is 11.1. The average molecular weight is 416 g/mol. The van der Waals surface area contributed by atoms with E-state index in [2.05, 4.69) is 20.6 Å². The third-order valence-corrected chi connectivity index (χ3v) is 7.52. The molecule has 0 aliphatic carbocycles. The van der Waals surface area contributed by atoms with E-state index >= 15 is 0 Å². The molecule has 0 bridgehead atoms. The zero-order valence-electron chi connectivity index (χ0n) is 14.5. The van der Waals surface area contributed by atoms with E-state index in [0.29, 0.717) is 17.4 Å². The third-order valence-electron chi connectivity index (χ3n) is 4.33. The molecule has 0 amide bonds. The van der Waals surface area contributed by atoms with Crippen molar-refractivity contribution >= 4 is 38.6 Å². The van der Waals surface area contributed by atoms with E-state index in [-0.39, 0.29) is 4.21 Å². The van der Waals surface area contributed by atoms with E-state index in [1.807, 2.05) is 18.2 Å². The first-order valence-electron chi connectivity index (χ1n) is 8.35. The van der Waals surface area contributed by atoms with Crippen molar-refractivity contribution in [3.05, 3.63) is 40.7 Å². The Labute approximate surface area is 163 Å². The lowest BCUT2D eigenvalue weighted by molar-refractivity contribution is 0.261. The Balaban J connectivity index is 1.47. The highest BCUT2D eigenvalue weighted by Gasteiger charge is 2.20. The van der Waals surface area contributed by atoms with Gasteiger partial charge in [0.25, 0.3) is 0 Å². The maximum Gasteiger partial charge on any atom is 0.250 e. The van der Waals surface area contributed by atoms with Crippen LogP contribution in [0.2, 0.25) is 4.34 Å². The van der Waals surface area contributed by atoms with Gasteiger partial charge in [0.2, 0.25) is 10.0 Å². The molecule has 9 heteroatoms. The summed E-state index contributed by atoms with van der Waals surface area (Å²) in [5, 5.41) is 0. The van der Waals surface area contributed by atoms with Crippen molar-refractivity contribution < 1.29 is 13.2 Å². The van der Waals surface area contributed by atoms with Gasteiger partial charge < -0.3 is 9.64 Å². The van der Waals surface area contributed by atoms with Crippen LogP contribution in [0.3, 0.4) is 0 Å². The van der Waals surface area contributed by atoms with Gasteiger partial charge in [-0.25, -0.2) is 13.1 Å². The van der Waals surface area contributed by atoms with E-state index in [1.165, 1.54) is 6.07 Å². The summed E-state index contributed by atoms with van der Waals surface area (Å²) in [6.07, 6.45) is 0. The van der Waals surface area contributed by atoms with E-state index < -0.39 is 10.0 Å². The topological polar surface area (TPSA) is 61.9 Å². The lowest BCUT2D eigenvalue weighted by Gasteiger charge is -2.36. The molecule has 1 aromatic carbocycles.